The number of carbonyl (C=O) groups is 1. The summed E-state index contributed by atoms with van der Waals surface area (Å²) in [6, 6.07) is 29.1. The number of hydrazone groups is 1. The van der Waals surface area contributed by atoms with E-state index >= 15 is 0 Å². The molecular formula is C31H22FN7OS. The van der Waals surface area contributed by atoms with Crippen LogP contribution in [0.1, 0.15) is 32.7 Å². The molecule has 10 heteroatoms. The Morgan fingerprint density at radius 3 is 2.56 bits per heavy atom. The van der Waals surface area contributed by atoms with Crippen molar-refractivity contribution in [2.75, 3.05) is 4.90 Å². The number of benzene rings is 4. The number of para-hydroxylation sites is 1. The summed E-state index contributed by atoms with van der Waals surface area (Å²) in [5, 5.41) is 21.9. The molecule has 1 aliphatic rings. The smallest absolute Gasteiger partial charge is 0.271 e. The van der Waals surface area contributed by atoms with Crippen molar-refractivity contribution < 1.29 is 9.18 Å². The fourth-order valence-electron chi connectivity index (χ4n) is 4.45. The molecule has 1 amide bonds. The van der Waals surface area contributed by atoms with E-state index in [9.17, 15) is 9.18 Å². The Bertz CT molecular complexity index is 1790. The lowest BCUT2D eigenvalue weighted by atomic mass is 10.1. The molecule has 2 heterocycles. The summed E-state index contributed by atoms with van der Waals surface area (Å²) in [5.74, 6) is -0.819. The third-order valence-corrected chi connectivity index (χ3v) is 7.58. The molecule has 6 rings (SSSR count). The molecule has 0 atom stereocenters. The lowest BCUT2D eigenvalue weighted by Crippen LogP contribution is -2.20. The predicted octanol–water partition coefficient (Wildman–Crippen LogP) is 5.90. The van der Waals surface area contributed by atoms with Crippen LogP contribution in [0, 0.1) is 17.1 Å². The second-order valence-corrected chi connectivity index (χ2v) is 10.4. The van der Waals surface area contributed by atoms with Crippen molar-refractivity contribution in [3.63, 3.8) is 0 Å². The van der Waals surface area contributed by atoms with Crippen LogP contribution in [0.5, 0.6) is 0 Å². The van der Waals surface area contributed by atoms with E-state index in [2.05, 4.69) is 43.9 Å². The molecule has 0 aliphatic carbocycles. The zero-order valence-electron chi connectivity index (χ0n) is 21.6. The molecular weight excluding hydrogens is 537 g/mol. The van der Waals surface area contributed by atoms with Gasteiger partial charge in [-0.15, -0.1) is 5.10 Å². The van der Waals surface area contributed by atoms with E-state index in [-0.39, 0.29) is 0 Å². The molecule has 1 aliphatic heterocycles. The van der Waals surface area contributed by atoms with Crippen molar-refractivity contribution in [1.82, 2.24) is 20.4 Å². The van der Waals surface area contributed by atoms with Gasteiger partial charge in [-0.2, -0.15) is 10.4 Å². The molecule has 0 spiro atoms. The number of nitriles is 1. The number of aromatic nitrogens is 3. The van der Waals surface area contributed by atoms with E-state index in [0.717, 1.165) is 38.0 Å². The number of halogens is 1. The molecule has 5 aromatic rings. The highest BCUT2D eigenvalue weighted by Gasteiger charge is 2.24. The summed E-state index contributed by atoms with van der Waals surface area (Å²) in [6.07, 6.45) is 3.52. The van der Waals surface area contributed by atoms with Gasteiger partial charge in [0.05, 0.1) is 48.5 Å². The van der Waals surface area contributed by atoms with Gasteiger partial charge in [0.2, 0.25) is 0 Å². The second kappa shape index (κ2) is 11.5. The van der Waals surface area contributed by atoms with Crippen LogP contribution in [0.3, 0.4) is 0 Å². The minimum Gasteiger partial charge on any atom is -0.333 e. The van der Waals surface area contributed by atoms with Crippen molar-refractivity contribution in [3.05, 3.63) is 131 Å². The van der Waals surface area contributed by atoms with Gasteiger partial charge in [-0.3, -0.25) is 4.79 Å². The molecule has 8 nitrogen and oxygen atoms in total. The highest BCUT2D eigenvalue weighted by atomic mass is 32.2. The van der Waals surface area contributed by atoms with Crippen LogP contribution in [-0.2, 0) is 13.1 Å². The monoisotopic (exact) mass is 559 g/mol. The quantitative estimate of drug-likeness (QED) is 0.197. The van der Waals surface area contributed by atoms with Crippen molar-refractivity contribution in [2.24, 2.45) is 5.10 Å². The van der Waals surface area contributed by atoms with E-state index in [4.69, 9.17) is 5.26 Å². The molecule has 0 fully saturated rings. The summed E-state index contributed by atoms with van der Waals surface area (Å²) >= 11 is 1.67. The molecule has 0 saturated carbocycles. The molecule has 1 N–H and O–H groups in total. The Morgan fingerprint density at radius 2 is 1.76 bits per heavy atom. The van der Waals surface area contributed by atoms with Gasteiger partial charge in [0.15, 0.2) is 0 Å². The average Bonchev–Trinajstić information content (AvgIpc) is 3.44. The predicted molar refractivity (Wildman–Crippen MR) is 155 cm³/mol. The minimum atomic E-state index is -0.416. The third-order valence-electron chi connectivity index (χ3n) is 6.47. The SMILES string of the molecule is N#Cc1ccc(Cn2cc(CN3c4ccccc4Sc4cc(/C=N/NC(=O)c5ccc(F)cc5)ccc43)nn2)cc1. The van der Waals surface area contributed by atoms with Crippen LogP contribution >= 0.6 is 11.8 Å². The number of rotatable bonds is 7. The standard InChI is InChI=1S/C31H22FN7OS/c32-25-12-10-24(11-13-25)31(40)36-34-17-23-9-14-28-30(15-23)41-29-4-2-1-3-27(29)39(28)20-26-19-38(37-35-26)18-22-7-5-21(16-33)6-8-22/h1-15,17,19H,18,20H2,(H,36,40)/b34-17+. The van der Waals surface area contributed by atoms with Crippen molar-refractivity contribution in [2.45, 2.75) is 22.9 Å². The molecule has 0 radical (unpaired) electrons. The van der Waals surface area contributed by atoms with Crippen LogP contribution in [0.25, 0.3) is 0 Å². The maximum atomic E-state index is 13.1. The van der Waals surface area contributed by atoms with Crippen LogP contribution in [-0.4, -0.2) is 27.1 Å². The second-order valence-electron chi connectivity index (χ2n) is 9.31. The lowest BCUT2D eigenvalue weighted by Gasteiger charge is -2.32. The van der Waals surface area contributed by atoms with E-state index < -0.39 is 11.7 Å². The Hall–Kier alpha value is -5.27. The van der Waals surface area contributed by atoms with E-state index in [1.54, 1.807) is 34.8 Å². The van der Waals surface area contributed by atoms with Gasteiger partial charge in [0.25, 0.3) is 5.91 Å². The largest absolute Gasteiger partial charge is 0.333 e. The fraction of sp³-hybridized carbons (Fsp3) is 0.0645. The maximum Gasteiger partial charge on any atom is 0.271 e. The number of amides is 1. The molecule has 1 aromatic heterocycles. The van der Waals surface area contributed by atoms with Crippen LogP contribution in [0.15, 0.2) is 112 Å². The lowest BCUT2D eigenvalue weighted by molar-refractivity contribution is 0.0955. The van der Waals surface area contributed by atoms with Crippen molar-refractivity contribution in [1.29, 1.82) is 5.26 Å². The summed E-state index contributed by atoms with van der Waals surface area (Å²) in [6.45, 7) is 1.08. The Labute approximate surface area is 239 Å². The Kier molecular flexibility index (Phi) is 7.26. The third kappa shape index (κ3) is 5.85. The van der Waals surface area contributed by atoms with Crippen LogP contribution in [0.4, 0.5) is 15.8 Å². The van der Waals surface area contributed by atoms with E-state index in [0.29, 0.717) is 24.2 Å². The van der Waals surface area contributed by atoms with E-state index in [1.807, 2.05) is 48.7 Å². The van der Waals surface area contributed by atoms with Gasteiger partial charge < -0.3 is 4.90 Å². The zero-order chi connectivity index (χ0) is 28.2. The highest BCUT2D eigenvalue weighted by Crippen LogP contribution is 2.48. The van der Waals surface area contributed by atoms with Crippen molar-refractivity contribution >= 4 is 35.3 Å². The van der Waals surface area contributed by atoms with Gasteiger partial charge in [-0.05, 0) is 71.8 Å². The first-order valence-corrected chi connectivity index (χ1v) is 13.5. The highest BCUT2D eigenvalue weighted by molar-refractivity contribution is 7.99. The summed E-state index contributed by atoms with van der Waals surface area (Å²) in [5.41, 5.74) is 8.23. The normalized spacial score (nSPS) is 12.0. The number of fused-ring (bicyclic) bond motifs is 2. The number of carbonyl (C=O) groups excluding carboxylic acids is 1. The summed E-state index contributed by atoms with van der Waals surface area (Å²) in [4.78, 5) is 16.7. The van der Waals surface area contributed by atoms with Crippen LogP contribution in [0.2, 0.25) is 0 Å². The summed E-state index contributed by atoms with van der Waals surface area (Å²) in [7, 11) is 0. The van der Waals surface area contributed by atoms with Gasteiger partial charge >= 0.3 is 0 Å². The van der Waals surface area contributed by atoms with Gasteiger partial charge in [0.1, 0.15) is 11.5 Å². The van der Waals surface area contributed by atoms with Gasteiger partial charge in [-0.25, -0.2) is 14.5 Å². The number of hydrogen-bond acceptors (Lipinski definition) is 7. The molecule has 41 heavy (non-hydrogen) atoms. The first kappa shape index (κ1) is 26.0. The first-order valence-electron chi connectivity index (χ1n) is 12.7. The van der Waals surface area contributed by atoms with Gasteiger partial charge in [-0.1, -0.05) is 47.3 Å². The van der Waals surface area contributed by atoms with Gasteiger partial charge in [0, 0.05) is 15.4 Å². The zero-order valence-corrected chi connectivity index (χ0v) is 22.4. The number of hydrogen-bond donors (Lipinski definition) is 1. The topological polar surface area (TPSA) is 99.2 Å². The first-order chi connectivity index (χ1) is 20.1. The minimum absolute atomic E-state index is 0.325. The number of nitrogens with zero attached hydrogens (tertiary/aromatic N) is 6. The number of anilines is 2. The summed E-state index contributed by atoms with van der Waals surface area (Å²) < 4.78 is 14.9. The van der Waals surface area contributed by atoms with Crippen molar-refractivity contribution in [3.8, 4) is 6.07 Å². The molecule has 0 bridgehead atoms. The maximum absolute atomic E-state index is 13.1. The van der Waals surface area contributed by atoms with E-state index in [1.165, 1.54) is 24.3 Å². The fourth-order valence-corrected chi connectivity index (χ4v) is 5.60. The molecule has 0 saturated heterocycles. The average molecular weight is 560 g/mol. The Balaban J connectivity index is 1.19. The molecule has 4 aromatic carbocycles. The Morgan fingerprint density at radius 1 is 0.976 bits per heavy atom. The molecule has 0 unspecified atom stereocenters. The molecule has 200 valence electrons. The number of nitrogens with one attached hydrogen (secondary N) is 1. The van der Waals surface area contributed by atoms with Crippen LogP contribution < -0.4 is 10.3 Å².